The number of aliphatic hydroxyl groups excluding tert-OH is 1. The van der Waals surface area contributed by atoms with Crippen molar-refractivity contribution in [2.24, 2.45) is 0 Å². The molecule has 0 aliphatic carbocycles. The van der Waals surface area contributed by atoms with Crippen molar-refractivity contribution in [3.05, 3.63) is 17.2 Å². The van der Waals surface area contributed by atoms with Crippen LogP contribution in [0.1, 0.15) is 114 Å². The number of aryl methyl sites for hydroxylation is 1. The molecule has 1 rings (SSSR count). The summed E-state index contributed by atoms with van der Waals surface area (Å²) >= 11 is 0. The van der Waals surface area contributed by atoms with Gasteiger partial charge >= 0.3 is 0 Å². The summed E-state index contributed by atoms with van der Waals surface area (Å²) < 4.78 is 10.6. The van der Waals surface area contributed by atoms with Gasteiger partial charge in [-0.3, -0.25) is 0 Å². The van der Waals surface area contributed by atoms with E-state index in [0.717, 1.165) is 30.4 Å². The predicted octanol–water partition coefficient (Wildman–Crippen LogP) is 7.49. The molecule has 4 heteroatoms. The van der Waals surface area contributed by atoms with Crippen LogP contribution in [0.15, 0.2) is 6.07 Å². The Morgan fingerprint density at radius 2 is 1.06 bits per heavy atom. The molecule has 1 aromatic rings. The van der Waals surface area contributed by atoms with Crippen LogP contribution in [0.2, 0.25) is 0 Å². The fraction of sp³-hybridized carbons (Fsp3) is 0.778. The van der Waals surface area contributed by atoms with Crippen LogP contribution in [0.5, 0.6) is 17.2 Å². The number of unbranched alkanes of at least 4 members (excludes halogenated alkanes) is 15. The maximum Gasteiger partial charge on any atom is 0.203 e. The third-order valence-electron chi connectivity index (χ3n) is 6.31. The molecule has 4 nitrogen and oxygen atoms in total. The minimum atomic E-state index is 0.237. The van der Waals surface area contributed by atoms with E-state index < -0.39 is 0 Å². The molecule has 31 heavy (non-hydrogen) atoms. The third kappa shape index (κ3) is 11.7. The standard InChI is InChI=1S/C27H48O4/c1-23-22-25(30-2)27(31-3)26(29)24(23)20-18-16-14-12-10-8-6-4-5-7-9-11-13-15-17-19-21-28/h22,28-29H,4-21H2,1-3H3. The first kappa shape index (κ1) is 27.6. The lowest BCUT2D eigenvalue weighted by molar-refractivity contribution is 0.282. The molecular formula is C27H48O4. The topological polar surface area (TPSA) is 58.9 Å². The zero-order valence-corrected chi connectivity index (χ0v) is 20.5. The quantitative estimate of drug-likeness (QED) is 0.208. The highest BCUT2D eigenvalue weighted by atomic mass is 16.5. The van der Waals surface area contributed by atoms with E-state index in [1.165, 1.54) is 89.9 Å². The Kier molecular flexibility index (Phi) is 16.2. The number of phenols is 1. The van der Waals surface area contributed by atoms with Crippen LogP contribution in [0, 0.1) is 6.92 Å². The first-order valence-corrected chi connectivity index (χ1v) is 12.7. The molecule has 0 saturated heterocycles. The summed E-state index contributed by atoms with van der Waals surface area (Å²) in [5, 5.41) is 19.3. The van der Waals surface area contributed by atoms with Crippen LogP contribution >= 0.6 is 0 Å². The minimum Gasteiger partial charge on any atom is -0.504 e. The van der Waals surface area contributed by atoms with Gasteiger partial charge in [-0.15, -0.1) is 0 Å². The van der Waals surface area contributed by atoms with Gasteiger partial charge in [-0.2, -0.15) is 0 Å². The van der Waals surface area contributed by atoms with Crippen LogP contribution in [-0.2, 0) is 6.42 Å². The van der Waals surface area contributed by atoms with Gasteiger partial charge in [0.25, 0.3) is 0 Å². The van der Waals surface area contributed by atoms with Gasteiger partial charge in [0.2, 0.25) is 5.75 Å². The summed E-state index contributed by atoms with van der Waals surface area (Å²) in [5.41, 5.74) is 2.06. The van der Waals surface area contributed by atoms with E-state index >= 15 is 0 Å². The number of hydrogen-bond acceptors (Lipinski definition) is 4. The highest BCUT2D eigenvalue weighted by Crippen LogP contribution is 2.41. The summed E-state index contributed by atoms with van der Waals surface area (Å²) in [6.45, 7) is 2.37. The average molecular weight is 437 g/mol. The zero-order chi connectivity index (χ0) is 22.7. The number of ether oxygens (including phenoxy) is 2. The van der Waals surface area contributed by atoms with E-state index in [2.05, 4.69) is 0 Å². The second-order valence-electron chi connectivity index (χ2n) is 8.89. The molecule has 0 heterocycles. The summed E-state index contributed by atoms with van der Waals surface area (Å²) in [5.74, 6) is 1.28. The maximum absolute atomic E-state index is 10.5. The zero-order valence-electron chi connectivity index (χ0n) is 20.5. The predicted molar refractivity (Wildman–Crippen MR) is 131 cm³/mol. The minimum absolute atomic E-state index is 0.237. The molecule has 0 bridgehead atoms. The third-order valence-corrected chi connectivity index (χ3v) is 6.31. The smallest absolute Gasteiger partial charge is 0.203 e. The van der Waals surface area contributed by atoms with Crippen LogP contribution in [0.25, 0.3) is 0 Å². The maximum atomic E-state index is 10.5. The highest BCUT2D eigenvalue weighted by molar-refractivity contribution is 5.58. The molecule has 0 aliphatic heterocycles. The molecule has 0 unspecified atom stereocenters. The van der Waals surface area contributed by atoms with Gasteiger partial charge in [-0.05, 0) is 37.8 Å². The van der Waals surface area contributed by atoms with Crippen molar-refractivity contribution in [3.63, 3.8) is 0 Å². The lowest BCUT2D eigenvalue weighted by Crippen LogP contribution is -1.98. The number of phenolic OH excluding ortho intramolecular Hbond substituents is 1. The molecule has 0 saturated carbocycles. The monoisotopic (exact) mass is 436 g/mol. The van der Waals surface area contributed by atoms with Crippen molar-refractivity contribution in [3.8, 4) is 17.2 Å². The number of methoxy groups -OCH3 is 2. The van der Waals surface area contributed by atoms with Gasteiger partial charge in [-0.1, -0.05) is 89.9 Å². The van der Waals surface area contributed by atoms with Crippen LogP contribution in [-0.4, -0.2) is 31.0 Å². The highest BCUT2D eigenvalue weighted by Gasteiger charge is 2.16. The summed E-state index contributed by atoms with van der Waals surface area (Å²) in [6, 6.07) is 1.95. The van der Waals surface area contributed by atoms with Crippen LogP contribution in [0.3, 0.4) is 0 Å². The summed E-state index contributed by atoms with van der Waals surface area (Å²) in [4.78, 5) is 0. The van der Waals surface area contributed by atoms with Crippen molar-refractivity contribution >= 4 is 0 Å². The van der Waals surface area contributed by atoms with Crippen molar-refractivity contribution in [1.82, 2.24) is 0 Å². The lowest BCUT2D eigenvalue weighted by atomic mass is 9.99. The second kappa shape index (κ2) is 18.2. The molecule has 0 aromatic heterocycles. The van der Waals surface area contributed by atoms with Gasteiger partial charge in [0, 0.05) is 12.2 Å². The van der Waals surface area contributed by atoms with Gasteiger partial charge in [-0.25, -0.2) is 0 Å². The van der Waals surface area contributed by atoms with Crippen molar-refractivity contribution < 1.29 is 19.7 Å². The number of benzene rings is 1. The molecule has 0 atom stereocenters. The van der Waals surface area contributed by atoms with Gasteiger partial charge in [0.05, 0.1) is 14.2 Å². The SMILES string of the molecule is COc1cc(C)c(CCCCCCCCCCCCCCCCCCO)c(O)c1OC. The van der Waals surface area contributed by atoms with Crippen LogP contribution in [0.4, 0.5) is 0 Å². The van der Waals surface area contributed by atoms with E-state index in [4.69, 9.17) is 14.6 Å². The second-order valence-corrected chi connectivity index (χ2v) is 8.89. The first-order chi connectivity index (χ1) is 15.2. The molecule has 180 valence electrons. The Bertz CT molecular complexity index is 571. The normalized spacial score (nSPS) is 11.1. The number of rotatable bonds is 20. The number of aliphatic hydroxyl groups is 1. The van der Waals surface area contributed by atoms with E-state index in [-0.39, 0.29) is 5.75 Å². The van der Waals surface area contributed by atoms with Gasteiger partial charge < -0.3 is 19.7 Å². The molecule has 0 aliphatic rings. The Labute approximate surface area is 191 Å². The Balaban J connectivity index is 1.99. The molecule has 0 spiro atoms. The van der Waals surface area contributed by atoms with E-state index in [9.17, 15) is 5.11 Å². The molecule has 0 fully saturated rings. The molecule has 2 N–H and O–H groups in total. The van der Waals surface area contributed by atoms with Crippen molar-refractivity contribution in [2.75, 3.05) is 20.8 Å². The summed E-state index contributed by atoms with van der Waals surface area (Å²) in [6.07, 6.45) is 21.6. The fourth-order valence-corrected chi connectivity index (χ4v) is 4.34. The van der Waals surface area contributed by atoms with Gasteiger partial charge in [0.15, 0.2) is 11.5 Å². The fourth-order valence-electron chi connectivity index (χ4n) is 4.34. The van der Waals surface area contributed by atoms with Crippen molar-refractivity contribution in [2.45, 2.75) is 116 Å². The Hall–Kier alpha value is -1.42. The number of hydrogen-bond donors (Lipinski definition) is 2. The molecule has 1 aromatic carbocycles. The van der Waals surface area contributed by atoms with E-state index in [1.807, 2.05) is 13.0 Å². The van der Waals surface area contributed by atoms with E-state index in [0.29, 0.717) is 18.1 Å². The van der Waals surface area contributed by atoms with E-state index in [1.54, 1.807) is 14.2 Å². The molecular weight excluding hydrogens is 388 g/mol. The Morgan fingerprint density at radius 3 is 1.45 bits per heavy atom. The van der Waals surface area contributed by atoms with Crippen molar-refractivity contribution in [1.29, 1.82) is 0 Å². The van der Waals surface area contributed by atoms with Gasteiger partial charge in [0.1, 0.15) is 0 Å². The average Bonchev–Trinajstić information content (AvgIpc) is 2.77. The lowest BCUT2D eigenvalue weighted by Gasteiger charge is -2.15. The first-order valence-electron chi connectivity index (χ1n) is 12.7. The largest absolute Gasteiger partial charge is 0.504 e. The van der Waals surface area contributed by atoms with Crippen LogP contribution < -0.4 is 9.47 Å². The Morgan fingerprint density at radius 1 is 0.645 bits per heavy atom. The molecule has 0 amide bonds. The summed E-state index contributed by atoms with van der Waals surface area (Å²) in [7, 11) is 3.17. The number of aromatic hydroxyl groups is 1. The molecule has 0 radical (unpaired) electrons.